The number of aromatic nitrogens is 2. The second-order valence-electron chi connectivity index (χ2n) is 6.15. The predicted octanol–water partition coefficient (Wildman–Crippen LogP) is 2.62. The van der Waals surface area contributed by atoms with E-state index in [-0.39, 0.29) is 18.4 Å². The van der Waals surface area contributed by atoms with Gasteiger partial charge in [-0.3, -0.25) is 9.59 Å². The molecular weight excluding hydrogens is 342 g/mol. The number of benzene rings is 2. The van der Waals surface area contributed by atoms with Crippen molar-refractivity contribution in [3.8, 4) is 5.69 Å². The number of rotatable bonds is 6. The molecule has 0 fully saturated rings. The van der Waals surface area contributed by atoms with Gasteiger partial charge in [-0.25, -0.2) is 4.68 Å². The highest BCUT2D eigenvalue weighted by Gasteiger charge is 2.10. The highest BCUT2D eigenvalue weighted by atomic mass is 16.2. The Morgan fingerprint density at radius 3 is 2.63 bits per heavy atom. The van der Waals surface area contributed by atoms with Crippen LogP contribution in [0.1, 0.15) is 10.4 Å². The van der Waals surface area contributed by atoms with Gasteiger partial charge in [-0.05, 0) is 36.4 Å². The summed E-state index contributed by atoms with van der Waals surface area (Å²) in [6.45, 7) is 0.0874. The van der Waals surface area contributed by atoms with Crippen molar-refractivity contribution in [1.82, 2.24) is 14.7 Å². The molecule has 3 rings (SSSR count). The topological polar surface area (TPSA) is 79.3 Å². The molecule has 0 unspecified atom stereocenters. The van der Waals surface area contributed by atoms with E-state index in [1.165, 1.54) is 4.90 Å². The first kappa shape index (κ1) is 18.2. The lowest BCUT2D eigenvalue weighted by atomic mass is 10.2. The number of amides is 2. The van der Waals surface area contributed by atoms with Gasteiger partial charge in [0, 0.05) is 37.7 Å². The molecule has 0 saturated carbocycles. The molecule has 1 heterocycles. The van der Waals surface area contributed by atoms with Crippen molar-refractivity contribution in [2.24, 2.45) is 0 Å². The SMILES string of the molecule is CN(C)C(=O)c1cccc(NC(=O)CNc2ccccc2-n2cccn2)c1. The standard InChI is InChI=1S/C20H21N5O2/c1-24(2)20(27)15-7-5-8-16(13-15)23-19(26)14-21-17-9-3-4-10-18(17)25-12-6-11-22-25/h3-13,21H,14H2,1-2H3,(H,23,26). The Kier molecular flexibility index (Phi) is 5.51. The molecule has 1 aromatic heterocycles. The Morgan fingerprint density at radius 2 is 1.89 bits per heavy atom. The maximum atomic E-state index is 12.3. The van der Waals surface area contributed by atoms with Crippen molar-refractivity contribution < 1.29 is 9.59 Å². The average molecular weight is 363 g/mol. The molecule has 0 aliphatic rings. The van der Waals surface area contributed by atoms with Gasteiger partial charge in [-0.2, -0.15) is 5.10 Å². The molecule has 0 aliphatic heterocycles. The van der Waals surface area contributed by atoms with Gasteiger partial charge in [0.1, 0.15) is 0 Å². The van der Waals surface area contributed by atoms with Crippen LogP contribution in [0.15, 0.2) is 67.0 Å². The van der Waals surface area contributed by atoms with Crippen LogP contribution in [0.25, 0.3) is 5.69 Å². The zero-order valence-electron chi connectivity index (χ0n) is 15.2. The molecule has 0 aliphatic carbocycles. The summed E-state index contributed by atoms with van der Waals surface area (Å²) in [5.74, 6) is -0.322. The van der Waals surface area contributed by atoms with Crippen LogP contribution in [0.3, 0.4) is 0 Å². The summed E-state index contributed by atoms with van der Waals surface area (Å²) in [6, 6.07) is 16.3. The molecule has 2 amide bonds. The van der Waals surface area contributed by atoms with E-state index < -0.39 is 0 Å². The normalized spacial score (nSPS) is 10.3. The molecule has 2 N–H and O–H groups in total. The predicted molar refractivity (Wildman–Crippen MR) is 105 cm³/mol. The second-order valence-corrected chi connectivity index (χ2v) is 6.15. The summed E-state index contributed by atoms with van der Waals surface area (Å²) in [5.41, 5.74) is 2.76. The third-order valence-corrected chi connectivity index (χ3v) is 3.89. The van der Waals surface area contributed by atoms with E-state index in [4.69, 9.17) is 0 Å². The summed E-state index contributed by atoms with van der Waals surface area (Å²) in [7, 11) is 3.38. The van der Waals surface area contributed by atoms with Crippen molar-refractivity contribution in [3.63, 3.8) is 0 Å². The Labute approximate surface area is 157 Å². The number of nitrogens with zero attached hydrogens (tertiary/aromatic N) is 3. The van der Waals surface area contributed by atoms with E-state index >= 15 is 0 Å². The van der Waals surface area contributed by atoms with Gasteiger partial charge < -0.3 is 15.5 Å². The van der Waals surface area contributed by atoms with E-state index in [0.717, 1.165) is 11.4 Å². The monoisotopic (exact) mass is 363 g/mol. The smallest absolute Gasteiger partial charge is 0.253 e. The fourth-order valence-electron chi connectivity index (χ4n) is 2.60. The molecule has 0 saturated heterocycles. The fraction of sp³-hybridized carbons (Fsp3) is 0.150. The van der Waals surface area contributed by atoms with Gasteiger partial charge in [0.15, 0.2) is 0 Å². The summed E-state index contributed by atoms with van der Waals surface area (Å²) in [5, 5.41) is 10.2. The number of carbonyl (C=O) groups excluding carboxylic acids is 2. The van der Waals surface area contributed by atoms with Crippen molar-refractivity contribution in [1.29, 1.82) is 0 Å². The van der Waals surface area contributed by atoms with E-state index in [0.29, 0.717) is 11.3 Å². The minimum Gasteiger partial charge on any atom is -0.374 e. The lowest BCUT2D eigenvalue weighted by Gasteiger charge is -2.13. The second kappa shape index (κ2) is 8.18. The number of para-hydroxylation sites is 2. The fourth-order valence-corrected chi connectivity index (χ4v) is 2.60. The number of hydrogen-bond donors (Lipinski definition) is 2. The van der Waals surface area contributed by atoms with Crippen LogP contribution in [0.5, 0.6) is 0 Å². The van der Waals surface area contributed by atoms with Gasteiger partial charge >= 0.3 is 0 Å². The van der Waals surface area contributed by atoms with Crippen LogP contribution in [0, 0.1) is 0 Å². The summed E-state index contributed by atoms with van der Waals surface area (Å²) >= 11 is 0. The summed E-state index contributed by atoms with van der Waals surface area (Å²) < 4.78 is 1.73. The minimum atomic E-state index is -0.209. The minimum absolute atomic E-state index is 0.0874. The molecule has 0 atom stereocenters. The van der Waals surface area contributed by atoms with E-state index in [9.17, 15) is 9.59 Å². The molecule has 3 aromatic rings. The number of hydrogen-bond acceptors (Lipinski definition) is 4. The van der Waals surface area contributed by atoms with Crippen molar-refractivity contribution in [3.05, 3.63) is 72.6 Å². The Hall–Kier alpha value is -3.61. The lowest BCUT2D eigenvalue weighted by molar-refractivity contribution is -0.114. The molecule has 0 bridgehead atoms. The summed E-state index contributed by atoms with van der Waals surface area (Å²) in [6.07, 6.45) is 3.54. The molecule has 7 nitrogen and oxygen atoms in total. The Bertz CT molecular complexity index is 935. The Balaban J connectivity index is 1.65. The number of nitrogens with one attached hydrogen (secondary N) is 2. The largest absolute Gasteiger partial charge is 0.374 e. The first-order chi connectivity index (χ1) is 13.0. The van der Waals surface area contributed by atoms with Crippen molar-refractivity contribution in [2.45, 2.75) is 0 Å². The molecule has 2 aromatic carbocycles. The zero-order chi connectivity index (χ0) is 19.2. The molecule has 138 valence electrons. The highest BCUT2D eigenvalue weighted by Crippen LogP contribution is 2.19. The van der Waals surface area contributed by atoms with Crippen molar-refractivity contribution >= 4 is 23.2 Å². The van der Waals surface area contributed by atoms with E-state index in [1.807, 2.05) is 36.5 Å². The Morgan fingerprint density at radius 1 is 1.07 bits per heavy atom. The van der Waals surface area contributed by atoms with Crippen molar-refractivity contribution in [2.75, 3.05) is 31.3 Å². The van der Waals surface area contributed by atoms with Crippen LogP contribution in [0.4, 0.5) is 11.4 Å². The maximum Gasteiger partial charge on any atom is 0.253 e. The van der Waals surface area contributed by atoms with Gasteiger partial charge in [-0.1, -0.05) is 18.2 Å². The quantitative estimate of drug-likeness (QED) is 0.706. The maximum absolute atomic E-state index is 12.3. The van der Waals surface area contributed by atoms with Gasteiger partial charge in [0.25, 0.3) is 5.91 Å². The van der Waals surface area contributed by atoms with E-state index in [1.54, 1.807) is 49.2 Å². The molecular formula is C20H21N5O2. The van der Waals surface area contributed by atoms with Gasteiger partial charge in [-0.15, -0.1) is 0 Å². The van der Waals surface area contributed by atoms with E-state index in [2.05, 4.69) is 15.7 Å². The van der Waals surface area contributed by atoms with Crippen LogP contribution < -0.4 is 10.6 Å². The lowest BCUT2D eigenvalue weighted by Crippen LogP contribution is -2.23. The third-order valence-electron chi connectivity index (χ3n) is 3.89. The molecule has 7 heteroatoms. The van der Waals surface area contributed by atoms with Crippen LogP contribution >= 0.6 is 0 Å². The number of carbonyl (C=O) groups is 2. The van der Waals surface area contributed by atoms with Crippen LogP contribution in [-0.4, -0.2) is 47.1 Å². The van der Waals surface area contributed by atoms with Gasteiger partial charge in [0.05, 0.1) is 17.9 Å². The molecule has 27 heavy (non-hydrogen) atoms. The molecule has 0 spiro atoms. The third kappa shape index (κ3) is 4.52. The average Bonchev–Trinajstić information content (AvgIpc) is 3.20. The molecule has 0 radical (unpaired) electrons. The first-order valence-electron chi connectivity index (χ1n) is 8.49. The van der Waals surface area contributed by atoms with Crippen LogP contribution in [-0.2, 0) is 4.79 Å². The van der Waals surface area contributed by atoms with Crippen LogP contribution in [0.2, 0.25) is 0 Å². The summed E-state index contributed by atoms with van der Waals surface area (Å²) in [4.78, 5) is 25.8. The number of anilines is 2. The zero-order valence-corrected chi connectivity index (χ0v) is 15.2. The van der Waals surface area contributed by atoms with Gasteiger partial charge in [0.2, 0.25) is 5.91 Å². The first-order valence-corrected chi connectivity index (χ1v) is 8.49. The highest BCUT2D eigenvalue weighted by molar-refractivity contribution is 5.98.